The van der Waals surface area contributed by atoms with Gasteiger partial charge in [-0.3, -0.25) is 9.59 Å². The van der Waals surface area contributed by atoms with Gasteiger partial charge in [-0.05, 0) is 12.1 Å². The molecule has 7 nitrogen and oxygen atoms in total. The van der Waals surface area contributed by atoms with E-state index >= 15 is 0 Å². The fourth-order valence-corrected chi connectivity index (χ4v) is 3.94. The van der Waals surface area contributed by atoms with E-state index in [-0.39, 0.29) is 10.8 Å². The number of carbonyl (C=O) groups is 2. The van der Waals surface area contributed by atoms with Gasteiger partial charge in [0.15, 0.2) is 0 Å². The molecule has 0 radical (unpaired) electrons. The predicted octanol–water partition coefficient (Wildman–Crippen LogP) is -0.377. The second-order valence-corrected chi connectivity index (χ2v) is 7.55. The number of hydrogen-bond donors (Lipinski definition) is 2. The number of primary amides is 1. The molecule has 0 aliphatic rings. The van der Waals surface area contributed by atoms with Gasteiger partial charge in [-0.15, -0.1) is 11.3 Å². The molecule has 0 spiro atoms. The molecule has 1 aromatic heterocycles. The van der Waals surface area contributed by atoms with Crippen LogP contribution in [0.15, 0.2) is 16.3 Å². The molecule has 1 heterocycles. The molecule has 106 valence electrons. The second kappa shape index (κ2) is 6.33. The van der Waals surface area contributed by atoms with Crippen LogP contribution >= 0.6 is 22.9 Å². The predicted molar refractivity (Wildman–Crippen MR) is 71.3 cm³/mol. The number of nitrogens with zero attached hydrogens (tertiary/aromatic N) is 1. The van der Waals surface area contributed by atoms with Crippen molar-refractivity contribution in [2.45, 2.75) is 4.21 Å². The number of amides is 2. The molecule has 0 atom stereocenters. The molecule has 2 amide bonds. The van der Waals surface area contributed by atoms with E-state index in [1.165, 1.54) is 19.2 Å². The summed E-state index contributed by atoms with van der Waals surface area (Å²) in [6.07, 6.45) is 0. The SMILES string of the molecule is CN(CC(=O)NCC(N)=O)S(=O)(=O)c1ccc(Cl)s1. The summed E-state index contributed by atoms with van der Waals surface area (Å²) in [5.41, 5.74) is 4.85. The van der Waals surface area contributed by atoms with Gasteiger partial charge in [-0.2, -0.15) is 4.31 Å². The van der Waals surface area contributed by atoms with Crippen LogP contribution < -0.4 is 11.1 Å². The van der Waals surface area contributed by atoms with Crippen LogP contribution in [0.25, 0.3) is 0 Å². The number of hydrogen-bond acceptors (Lipinski definition) is 5. The number of rotatable bonds is 6. The molecule has 10 heteroatoms. The summed E-state index contributed by atoms with van der Waals surface area (Å²) >= 11 is 6.56. The van der Waals surface area contributed by atoms with Crippen LogP contribution in [-0.4, -0.2) is 44.7 Å². The van der Waals surface area contributed by atoms with Crippen LogP contribution in [0, 0.1) is 0 Å². The van der Waals surface area contributed by atoms with Gasteiger partial charge in [0.1, 0.15) is 4.21 Å². The van der Waals surface area contributed by atoms with Gasteiger partial charge in [-0.25, -0.2) is 8.42 Å². The summed E-state index contributed by atoms with van der Waals surface area (Å²) in [4.78, 5) is 21.9. The summed E-state index contributed by atoms with van der Waals surface area (Å²) in [5, 5.41) is 2.20. The lowest BCUT2D eigenvalue weighted by atomic mass is 10.5. The van der Waals surface area contributed by atoms with Crippen molar-refractivity contribution < 1.29 is 18.0 Å². The molecule has 0 saturated carbocycles. The maximum atomic E-state index is 12.0. The highest BCUT2D eigenvalue weighted by Gasteiger charge is 2.24. The molecule has 0 bridgehead atoms. The summed E-state index contributed by atoms with van der Waals surface area (Å²) in [7, 11) is -2.50. The highest BCUT2D eigenvalue weighted by atomic mass is 35.5. The lowest BCUT2D eigenvalue weighted by molar-refractivity contribution is -0.124. The molecule has 0 saturated heterocycles. The second-order valence-electron chi connectivity index (χ2n) is 3.56. The lowest BCUT2D eigenvalue weighted by Crippen LogP contribution is -2.41. The highest BCUT2D eigenvalue weighted by Crippen LogP contribution is 2.27. The first-order valence-corrected chi connectivity index (χ1v) is 7.63. The van der Waals surface area contributed by atoms with Crippen molar-refractivity contribution in [3.63, 3.8) is 0 Å². The van der Waals surface area contributed by atoms with Crippen molar-refractivity contribution in [2.24, 2.45) is 5.73 Å². The van der Waals surface area contributed by atoms with Crippen molar-refractivity contribution in [1.82, 2.24) is 9.62 Å². The molecule has 0 fully saturated rings. The minimum atomic E-state index is -3.76. The average Bonchev–Trinajstić information content (AvgIpc) is 2.73. The van der Waals surface area contributed by atoms with E-state index in [0.717, 1.165) is 15.6 Å². The van der Waals surface area contributed by atoms with Crippen molar-refractivity contribution in [3.05, 3.63) is 16.5 Å². The number of sulfonamides is 1. The largest absolute Gasteiger partial charge is 0.368 e. The Morgan fingerprint density at radius 1 is 1.47 bits per heavy atom. The molecule has 1 aromatic rings. The minimum absolute atomic E-state index is 0.0442. The van der Waals surface area contributed by atoms with Gasteiger partial charge in [0.05, 0.1) is 17.4 Å². The Bertz CT molecular complexity index is 584. The Morgan fingerprint density at radius 2 is 2.11 bits per heavy atom. The van der Waals surface area contributed by atoms with Crippen molar-refractivity contribution in [2.75, 3.05) is 20.1 Å². The zero-order valence-electron chi connectivity index (χ0n) is 9.92. The maximum Gasteiger partial charge on any atom is 0.252 e. The number of thiophene rings is 1. The van der Waals surface area contributed by atoms with Gasteiger partial charge in [-0.1, -0.05) is 11.6 Å². The molecule has 0 aromatic carbocycles. The van der Waals surface area contributed by atoms with Crippen molar-refractivity contribution >= 4 is 44.8 Å². The summed E-state index contributed by atoms with van der Waals surface area (Å²) < 4.78 is 25.3. The smallest absolute Gasteiger partial charge is 0.252 e. The van der Waals surface area contributed by atoms with E-state index < -0.39 is 28.4 Å². The molecule has 1 rings (SSSR count). The van der Waals surface area contributed by atoms with Crippen molar-refractivity contribution in [3.8, 4) is 0 Å². The first kappa shape index (κ1) is 15.9. The molecule has 0 unspecified atom stereocenters. The number of halogens is 1. The van der Waals surface area contributed by atoms with Gasteiger partial charge in [0.25, 0.3) is 10.0 Å². The van der Waals surface area contributed by atoms with E-state index in [1.54, 1.807) is 0 Å². The van der Waals surface area contributed by atoms with Crippen LogP contribution in [0.2, 0.25) is 4.34 Å². The number of nitrogens with two attached hydrogens (primary N) is 1. The summed E-state index contributed by atoms with van der Waals surface area (Å²) in [6.45, 7) is -0.747. The van der Waals surface area contributed by atoms with Gasteiger partial charge >= 0.3 is 0 Å². The van der Waals surface area contributed by atoms with Gasteiger partial charge in [0, 0.05) is 7.05 Å². The topological polar surface area (TPSA) is 110 Å². The molecule has 0 aliphatic carbocycles. The number of nitrogens with one attached hydrogen (secondary N) is 1. The molecule has 0 aliphatic heterocycles. The fraction of sp³-hybridized carbons (Fsp3) is 0.333. The first-order chi connectivity index (χ1) is 8.73. The molecular formula is C9H12ClN3O4S2. The third kappa shape index (κ3) is 4.46. The maximum absolute atomic E-state index is 12.0. The molecule has 3 N–H and O–H groups in total. The Hall–Kier alpha value is -1.16. The average molecular weight is 326 g/mol. The van der Waals surface area contributed by atoms with Crippen molar-refractivity contribution in [1.29, 1.82) is 0 Å². The Labute approximate surface area is 119 Å². The Balaban J connectivity index is 2.69. The van der Waals surface area contributed by atoms with Crippen LogP contribution in [0.5, 0.6) is 0 Å². The zero-order valence-corrected chi connectivity index (χ0v) is 12.3. The minimum Gasteiger partial charge on any atom is -0.368 e. The first-order valence-electron chi connectivity index (χ1n) is 5.00. The van der Waals surface area contributed by atoms with Crippen LogP contribution in [0.1, 0.15) is 0 Å². The van der Waals surface area contributed by atoms with Crippen LogP contribution in [-0.2, 0) is 19.6 Å². The molecular weight excluding hydrogens is 314 g/mol. The van der Waals surface area contributed by atoms with Crippen LogP contribution in [0.3, 0.4) is 0 Å². The monoisotopic (exact) mass is 325 g/mol. The summed E-state index contributed by atoms with van der Waals surface area (Å²) in [6, 6.07) is 2.82. The van der Waals surface area contributed by atoms with E-state index in [0.29, 0.717) is 4.34 Å². The number of carbonyl (C=O) groups excluding carboxylic acids is 2. The fourth-order valence-electron chi connectivity index (χ4n) is 1.12. The van der Waals surface area contributed by atoms with E-state index in [1.807, 2.05) is 0 Å². The molecule has 19 heavy (non-hydrogen) atoms. The van der Waals surface area contributed by atoms with E-state index in [9.17, 15) is 18.0 Å². The lowest BCUT2D eigenvalue weighted by Gasteiger charge is -2.15. The zero-order chi connectivity index (χ0) is 14.6. The highest BCUT2D eigenvalue weighted by molar-refractivity contribution is 7.91. The summed E-state index contributed by atoms with van der Waals surface area (Å²) in [5.74, 6) is -1.32. The standard InChI is InChI=1S/C9H12ClN3O4S2/c1-13(5-8(15)12-4-7(11)14)19(16,17)9-3-2-6(10)18-9/h2-3H,4-5H2,1H3,(H2,11,14)(H,12,15). The van der Waals surface area contributed by atoms with E-state index in [4.69, 9.17) is 17.3 Å². The van der Waals surface area contributed by atoms with Gasteiger partial charge < -0.3 is 11.1 Å². The third-order valence-electron chi connectivity index (χ3n) is 2.04. The number of likely N-dealkylation sites (N-methyl/N-ethyl adjacent to an activating group) is 1. The Morgan fingerprint density at radius 3 is 2.58 bits per heavy atom. The van der Waals surface area contributed by atoms with Gasteiger partial charge in [0.2, 0.25) is 11.8 Å². The van der Waals surface area contributed by atoms with E-state index in [2.05, 4.69) is 5.32 Å². The normalized spacial score (nSPS) is 11.5. The quantitative estimate of drug-likeness (QED) is 0.743. The van der Waals surface area contributed by atoms with Crippen LogP contribution in [0.4, 0.5) is 0 Å². The Kier molecular flexibility index (Phi) is 5.29. The third-order valence-corrected chi connectivity index (χ3v) is 5.54.